The van der Waals surface area contributed by atoms with Gasteiger partial charge in [-0.2, -0.15) is 0 Å². The van der Waals surface area contributed by atoms with Crippen molar-refractivity contribution in [2.24, 2.45) is 0 Å². The van der Waals surface area contributed by atoms with Gasteiger partial charge in [-0.05, 0) is 35.9 Å². The number of methoxy groups -OCH3 is 1. The summed E-state index contributed by atoms with van der Waals surface area (Å²) in [7, 11) is 1.35. The second-order valence-electron chi connectivity index (χ2n) is 6.61. The number of esters is 1. The quantitative estimate of drug-likeness (QED) is 0.648. The van der Waals surface area contributed by atoms with Crippen LogP contribution in [0.15, 0.2) is 72.8 Å². The van der Waals surface area contributed by atoms with Crippen molar-refractivity contribution >= 4 is 17.6 Å². The number of anilines is 1. The molecule has 2 N–H and O–H groups in total. The minimum absolute atomic E-state index is 0.127. The molecule has 3 aromatic carbocycles. The van der Waals surface area contributed by atoms with Gasteiger partial charge in [0.25, 0.3) is 5.91 Å². The van der Waals surface area contributed by atoms with Gasteiger partial charge in [0.05, 0.1) is 18.2 Å². The van der Waals surface area contributed by atoms with E-state index in [0.717, 1.165) is 16.8 Å². The van der Waals surface area contributed by atoms with Gasteiger partial charge in [0, 0.05) is 11.3 Å². The van der Waals surface area contributed by atoms with Crippen LogP contribution in [-0.4, -0.2) is 19.0 Å². The SMILES string of the molecule is COC(=O)c1ccc(COc2ccccc2C2NC(=O)c3ccccc3N2)cc1. The predicted octanol–water partition coefficient (Wildman–Crippen LogP) is 3.91. The van der Waals surface area contributed by atoms with Crippen LogP contribution < -0.4 is 15.4 Å². The largest absolute Gasteiger partial charge is 0.488 e. The van der Waals surface area contributed by atoms with Crippen LogP contribution in [0, 0.1) is 0 Å². The second kappa shape index (κ2) is 8.06. The third-order valence-corrected chi connectivity index (χ3v) is 4.75. The second-order valence-corrected chi connectivity index (χ2v) is 6.61. The summed E-state index contributed by atoms with van der Waals surface area (Å²) in [5, 5.41) is 6.32. The van der Waals surface area contributed by atoms with Crippen LogP contribution in [-0.2, 0) is 11.3 Å². The molecule has 0 aliphatic carbocycles. The Labute approximate surface area is 168 Å². The molecule has 0 saturated carbocycles. The summed E-state index contributed by atoms with van der Waals surface area (Å²) >= 11 is 0. The Morgan fingerprint density at radius 3 is 2.45 bits per heavy atom. The number of fused-ring (bicyclic) bond motifs is 1. The van der Waals surface area contributed by atoms with Gasteiger partial charge in [-0.1, -0.05) is 42.5 Å². The number of benzene rings is 3. The van der Waals surface area contributed by atoms with E-state index in [-0.39, 0.29) is 11.9 Å². The molecule has 4 rings (SSSR count). The smallest absolute Gasteiger partial charge is 0.337 e. The first-order valence-corrected chi connectivity index (χ1v) is 9.21. The molecule has 1 amide bonds. The Morgan fingerprint density at radius 2 is 1.66 bits per heavy atom. The first-order valence-electron chi connectivity index (χ1n) is 9.21. The lowest BCUT2D eigenvalue weighted by Gasteiger charge is -2.29. The maximum absolute atomic E-state index is 12.4. The van der Waals surface area contributed by atoms with E-state index in [1.54, 1.807) is 18.2 Å². The minimum atomic E-state index is -0.393. The van der Waals surface area contributed by atoms with E-state index in [0.29, 0.717) is 23.5 Å². The first-order chi connectivity index (χ1) is 14.2. The summed E-state index contributed by atoms with van der Waals surface area (Å²) < 4.78 is 10.7. The van der Waals surface area contributed by atoms with Gasteiger partial charge in [0.15, 0.2) is 0 Å². The van der Waals surface area contributed by atoms with Crippen LogP contribution in [0.2, 0.25) is 0 Å². The third kappa shape index (κ3) is 3.91. The molecule has 1 aliphatic rings. The number of carbonyl (C=O) groups excluding carboxylic acids is 2. The van der Waals surface area contributed by atoms with Crippen molar-refractivity contribution < 1.29 is 19.1 Å². The van der Waals surface area contributed by atoms with Crippen molar-refractivity contribution in [2.45, 2.75) is 12.8 Å². The van der Waals surface area contributed by atoms with E-state index in [9.17, 15) is 9.59 Å². The minimum Gasteiger partial charge on any atom is -0.488 e. The fourth-order valence-corrected chi connectivity index (χ4v) is 3.23. The Hall–Kier alpha value is -3.80. The normalized spacial score (nSPS) is 14.9. The summed E-state index contributed by atoms with van der Waals surface area (Å²) in [4.78, 5) is 24.0. The molecule has 1 aliphatic heterocycles. The molecule has 1 heterocycles. The molecule has 0 bridgehead atoms. The summed E-state index contributed by atoms with van der Waals surface area (Å²) in [5.41, 5.74) is 3.65. The molecule has 6 nitrogen and oxygen atoms in total. The zero-order valence-electron chi connectivity index (χ0n) is 15.8. The average Bonchev–Trinajstić information content (AvgIpc) is 2.77. The molecule has 29 heavy (non-hydrogen) atoms. The lowest BCUT2D eigenvalue weighted by Crippen LogP contribution is -2.38. The third-order valence-electron chi connectivity index (χ3n) is 4.75. The van der Waals surface area contributed by atoms with Gasteiger partial charge < -0.3 is 20.1 Å². The van der Waals surface area contributed by atoms with Gasteiger partial charge in [-0.15, -0.1) is 0 Å². The average molecular weight is 388 g/mol. The summed E-state index contributed by atoms with van der Waals surface area (Å²) in [5.74, 6) is 0.168. The number of rotatable bonds is 5. The molecule has 0 spiro atoms. The van der Waals surface area contributed by atoms with Crippen LogP contribution in [0.4, 0.5) is 5.69 Å². The maximum atomic E-state index is 12.4. The van der Waals surface area contributed by atoms with Gasteiger partial charge in [0.2, 0.25) is 0 Å². The number of nitrogens with one attached hydrogen (secondary N) is 2. The van der Waals surface area contributed by atoms with Crippen molar-refractivity contribution in [1.82, 2.24) is 5.32 Å². The molecule has 146 valence electrons. The molecule has 0 fully saturated rings. The van der Waals surface area contributed by atoms with Crippen LogP contribution in [0.1, 0.15) is 38.0 Å². The van der Waals surface area contributed by atoms with Crippen LogP contribution >= 0.6 is 0 Å². The summed E-state index contributed by atoms with van der Waals surface area (Å²) in [6.45, 7) is 0.329. The Morgan fingerprint density at radius 1 is 0.931 bits per heavy atom. The molecule has 1 unspecified atom stereocenters. The molecule has 0 saturated heterocycles. The fraction of sp³-hybridized carbons (Fsp3) is 0.130. The standard InChI is InChI=1S/C23H20N2O4/c1-28-23(27)16-12-10-15(11-13-16)14-29-20-9-5-3-7-18(20)21-24-19-8-4-2-6-17(19)22(26)25-21/h2-13,21,24H,14H2,1H3,(H,25,26). The molecule has 0 aromatic heterocycles. The van der Waals surface area contributed by atoms with Crippen LogP contribution in [0.25, 0.3) is 0 Å². The Kier molecular flexibility index (Phi) is 5.16. The number of hydrogen-bond acceptors (Lipinski definition) is 5. The molecule has 3 aromatic rings. The Balaban J connectivity index is 1.51. The number of para-hydroxylation sites is 2. The number of amides is 1. The highest BCUT2D eigenvalue weighted by Crippen LogP contribution is 2.31. The number of hydrogen-bond donors (Lipinski definition) is 2. The zero-order chi connectivity index (χ0) is 20.2. The monoisotopic (exact) mass is 388 g/mol. The van der Waals surface area contributed by atoms with Gasteiger partial charge in [-0.25, -0.2) is 4.79 Å². The Bertz CT molecular complexity index is 1050. The zero-order valence-corrected chi connectivity index (χ0v) is 15.8. The van der Waals surface area contributed by atoms with Gasteiger partial charge >= 0.3 is 5.97 Å². The van der Waals surface area contributed by atoms with Crippen molar-refractivity contribution in [3.8, 4) is 5.75 Å². The van der Waals surface area contributed by atoms with Crippen molar-refractivity contribution in [2.75, 3.05) is 12.4 Å². The van der Waals surface area contributed by atoms with E-state index >= 15 is 0 Å². The highest BCUT2D eigenvalue weighted by molar-refractivity contribution is 6.01. The van der Waals surface area contributed by atoms with E-state index in [4.69, 9.17) is 9.47 Å². The highest BCUT2D eigenvalue weighted by atomic mass is 16.5. The van der Waals surface area contributed by atoms with Gasteiger partial charge in [-0.3, -0.25) is 4.79 Å². The summed E-state index contributed by atoms with van der Waals surface area (Å²) in [6.07, 6.45) is -0.393. The van der Waals surface area contributed by atoms with Crippen molar-refractivity contribution in [3.63, 3.8) is 0 Å². The van der Waals surface area contributed by atoms with Crippen LogP contribution in [0.3, 0.4) is 0 Å². The van der Waals surface area contributed by atoms with Crippen molar-refractivity contribution in [1.29, 1.82) is 0 Å². The first kappa shape index (κ1) is 18.6. The predicted molar refractivity (Wildman–Crippen MR) is 109 cm³/mol. The van der Waals surface area contributed by atoms with Crippen LogP contribution in [0.5, 0.6) is 5.75 Å². The van der Waals surface area contributed by atoms with E-state index in [1.165, 1.54) is 7.11 Å². The molecule has 0 radical (unpaired) electrons. The van der Waals surface area contributed by atoms with E-state index in [2.05, 4.69) is 10.6 Å². The molecular weight excluding hydrogens is 368 g/mol. The lowest BCUT2D eigenvalue weighted by molar-refractivity contribution is 0.0600. The molecule has 1 atom stereocenters. The fourth-order valence-electron chi connectivity index (χ4n) is 3.23. The van der Waals surface area contributed by atoms with E-state index < -0.39 is 6.17 Å². The number of ether oxygens (including phenoxy) is 2. The van der Waals surface area contributed by atoms with Crippen molar-refractivity contribution in [3.05, 3.63) is 95.1 Å². The van der Waals surface area contributed by atoms with E-state index in [1.807, 2.05) is 54.6 Å². The molecule has 6 heteroatoms. The summed E-state index contributed by atoms with van der Waals surface area (Å²) in [6, 6.07) is 22.0. The maximum Gasteiger partial charge on any atom is 0.337 e. The highest BCUT2D eigenvalue weighted by Gasteiger charge is 2.26. The topological polar surface area (TPSA) is 76.7 Å². The number of carbonyl (C=O) groups is 2. The lowest BCUT2D eigenvalue weighted by atomic mass is 10.1. The molecular formula is C23H20N2O4. The van der Waals surface area contributed by atoms with Gasteiger partial charge in [0.1, 0.15) is 18.5 Å².